The zero-order valence-electron chi connectivity index (χ0n) is 38.2. The Morgan fingerprint density at radius 3 is 1.12 bits per heavy atom. The van der Waals surface area contributed by atoms with Crippen LogP contribution in [-0.4, -0.2) is 0 Å². The predicted octanol–water partition coefficient (Wildman–Crippen LogP) is 15.7. The summed E-state index contributed by atoms with van der Waals surface area (Å²) < 4.78 is 30.6. The Bertz CT molecular complexity index is 2050. The number of hydrogen-bond acceptors (Lipinski definition) is 3. The zero-order chi connectivity index (χ0) is 44.3. The Morgan fingerprint density at radius 2 is 0.767 bits per heavy atom. The molecular weight excluding hydrogens is 763 g/mol. The maximum Gasteiger partial charge on any atom is 0.138 e. The van der Waals surface area contributed by atoms with E-state index >= 15 is 0 Å². The molecule has 318 valence electrons. The number of benzene rings is 6. The molecule has 0 aromatic heterocycles. The van der Waals surface area contributed by atoms with E-state index in [1.54, 1.807) is 6.07 Å². The highest BCUT2D eigenvalue weighted by atomic mass is 35.5. The third-order valence-electron chi connectivity index (χ3n) is 10.1. The van der Waals surface area contributed by atoms with Crippen LogP contribution in [0.4, 0.5) is 4.39 Å². The van der Waals surface area contributed by atoms with Crippen LogP contribution in [0, 0.1) is 33.5 Å². The van der Waals surface area contributed by atoms with Gasteiger partial charge in [-0.05, 0) is 125 Å². The first-order chi connectivity index (χ1) is 28.1. The van der Waals surface area contributed by atoms with Crippen LogP contribution >= 0.6 is 11.6 Å². The molecule has 0 heterocycles. The molecule has 0 aliphatic carbocycles. The van der Waals surface area contributed by atoms with E-state index in [1.165, 1.54) is 51.1 Å². The van der Waals surface area contributed by atoms with Gasteiger partial charge in [-0.25, -0.2) is 4.39 Å². The minimum atomic E-state index is -0.231. The molecule has 0 spiro atoms. The van der Waals surface area contributed by atoms with Crippen molar-refractivity contribution in [2.45, 2.75) is 126 Å². The van der Waals surface area contributed by atoms with E-state index in [9.17, 15) is 4.39 Å². The molecule has 0 aliphatic rings. The SMILES string of the molecule is Cc1cc(C(C)(C)C)ccc1OCc1cccc(F)c1.Cc1cccc(COc2ccc(C(C)(C)C)cc2C)c1.Cc1cccc(COc2ccc(C(C)(C)C)cc2Cl)c1. The molecule has 6 rings (SSSR count). The van der Waals surface area contributed by atoms with E-state index in [4.69, 9.17) is 25.8 Å². The van der Waals surface area contributed by atoms with Crippen molar-refractivity contribution in [2.75, 3.05) is 0 Å². The minimum absolute atomic E-state index is 0.0959. The van der Waals surface area contributed by atoms with Gasteiger partial charge in [0.05, 0.1) is 5.02 Å². The third-order valence-corrected chi connectivity index (χ3v) is 10.4. The lowest BCUT2D eigenvalue weighted by molar-refractivity contribution is 0.303. The summed E-state index contributed by atoms with van der Waals surface area (Å²) in [5, 5.41) is 0.671. The van der Waals surface area contributed by atoms with Gasteiger partial charge in [0.2, 0.25) is 0 Å². The van der Waals surface area contributed by atoms with E-state index in [0.717, 1.165) is 33.9 Å². The van der Waals surface area contributed by atoms with E-state index in [2.05, 4.69) is 162 Å². The van der Waals surface area contributed by atoms with Gasteiger partial charge in [-0.15, -0.1) is 0 Å². The van der Waals surface area contributed by atoms with Gasteiger partial charge < -0.3 is 14.2 Å². The van der Waals surface area contributed by atoms with Crippen LogP contribution in [0.2, 0.25) is 5.02 Å². The van der Waals surface area contributed by atoms with Crippen LogP contribution in [0.1, 0.15) is 118 Å². The second-order valence-electron chi connectivity index (χ2n) is 18.8. The summed E-state index contributed by atoms with van der Waals surface area (Å²) >= 11 is 6.31. The fourth-order valence-corrected chi connectivity index (χ4v) is 6.59. The average molecular weight is 830 g/mol. The molecule has 5 heteroatoms. The van der Waals surface area contributed by atoms with Crippen molar-refractivity contribution in [1.29, 1.82) is 0 Å². The van der Waals surface area contributed by atoms with Crippen molar-refractivity contribution in [3.8, 4) is 17.2 Å². The summed E-state index contributed by atoms with van der Waals surface area (Å²) in [6.45, 7) is 29.7. The lowest BCUT2D eigenvalue weighted by Gasteiger charge is -2.20. The lowest BCUT2D eigenvalue weighted by Crippen LogP contribution is -2.11. The summed E-state index contributed by atoms with van der Waals surface area (Å²) in [6, 6.07) is 42.0. The first-order valence-corrected chi connectivity index (χ1v) is 21.2. The molecule has 0 amide bonds. The Hall–Kier alpha value is -5.06. The molecule has 0 unspecified atom stereocenters. The van der Waals surface area contributed by atoms with Gasteiger partial charge >= 0.3 is 0 Å². The number of ether oxygens (including phenoxy) is 3. The lowest BCUT2D eigenvalue weighted by atomic mass is 9.86. The second-order valence-corrected chi connectivity index (χ2v) is 19.2. The molecule has 0 saturated heterocycles. The van der Waals surface area contributed by atoms with Crippen molar-refractivity contribution < 1.29 is 18.6 Å². The number of rotatable bonds is 9. The molecule has 0 bridgehead atoms. The molecule has 6 aromatic carbocycles. The highest BCUT2D eigenvalue weighted by molar-refractivity contribution is 6.32. The van der Waals surface area contributed by atoms with Crippen LogP contribution in [0.25, 0.3) is 0 Å². The van der Waals surface area contributed by atoms with Crippen LogP contribution in [0.5, 0.6) is 17.2 Å². The molecule has 3 nitrogen and oxygen atoms in total. The molecule has 60 heavy (non-hydrogen) atoms. The highest BCUT2D eigenvalue weighted by Crippen LogP contribution is 2.32. The van der Waals surface area contributed by atoms with Crippen molar-refractivity contribution in [3.05, 3.63) is 194 Å². The van der Waals surface area contributed by atoms with Crippen LogP contribution in [-0.2, 0) is 36.1 Å². The Labute approximate surface area is 365 Å². The molecule has 0 radical (unpaired) electrons. The van der Waals surface area contributed by atoms with Gasteiger partial charge in [0.25, 0.3) is 0 Å². The Balaban J connectivity index is 0.000000198. The molecular formula is C55H66ClFO3. The minimum Gasteiger partial charge on any atom is -0.489 e. The standard InChI is InChI=1S/C19H24O.C18H21ClO.C18H21FO/c1-14-7-6-8-16(11-14)13-20-18-10-9-17(12-15(18)2)19(3,4)5;1-13-6-5-7-14(10-13)12-20-17-9-8-15(11-16(17)19)18(2,3)4;1-13-10-15(18(2,3)4)8-9-17(13)20-12-14-6-5-7-16(19)11-14/h6-12H,13H2,1-5H3;2*5-11H,12H2,1-4H3. The van der Waals surface area contributed by atoms with Gasteiger partial charge in [0, 0.05) is 0 Å². The highest BCUT2D eigenvalue weighted by Gasteiger charge is 2.17. The quantitative estimate of drug-likeness (QED) is 0.145. The smallest absolute Gasteiger partial charge is 0.138 e. The maximum absolute atomic E-state index is 13.1. The van der Waals surface area contributed by atoms with Crippen molar-refractivity contribution in [3.63, 3.8) is 0 Å². The zero-order valence-corrected chi connectivity index (χ0v) is 39.0. The number of aryl methyl sites for hydroxylation is 4. The van der Waals surface area contributed by atoms with E-state index in [1.807, 2.05) is 37.3 Å². The molecule has 0 N–H and O–H groups in total. The predicted molar refractivity (Wildman–Crippen MR) is 252 cm³/mol. The van der Waals surface area contributed by atoms with Gasteiger partial charge in [-0.1, -0.05) is 176 Å². The summed E-state index contributed by atoms with van der Waals surface area (Å²) in [5.74, 6) is 2.33. The van der Waals surface area contributed by atoms with E-state index in [0.29, 0.717) is 24.8 Å². The van der Waals surface area contributed by atoms with E-state index < -0.39 is 0 Å². The Kier molecular flexibility index (Phi) is 16.6. The maximum atomic E-state index is 13.1. The second kappa shape index (κ2) is 21.0. The van der Waals surface area contributed by atoms with Gasteiger partial charge in [-0.2, -0.15) is 0 Å². The van der Waals surface area contributed by atoms with Gasteiger partial charge in [-0.3, -0.25) is 0 Å². The summed E-state index contributed by atoms with van der Waals surface area (Å²) in [6.07, 6.45) is 0. The molecule has 0 aliphatic heterocycles. The van der Waals surface area contributed by atoms with Crippen LogP contribution in [0.15, 0.2) is 127 Å². The van der Waals surface area contributed by atoms with Gasteiger partial charge in [0.1, 0.15) is 42.9 Å². The molecule has 0 saturated carbocycles. The molecule has 0 fully saturated rings. The largest absolute Gasteiger partial charge is 0.489 e. The summed E-state index contributed by atoms with van der Waals surface area (Å²) in [7, 11) is 0. The number of hydrogen-bond donors (Lipinski definition) is 0. The van der Waals surface area contributed by atoms with Crippen LogP contribution < -0.4 is 14.2 Å². The average Bonchev–Trinajstić information content (AvgIpc) is 3.16. The van der Waals surface area contributed by atoms with Crippen molar-refractivity contribution in [1.82, 2.24) is 0 Å². The monoisotopic (exact) mass is 828 g/mol. The summed E-state index contributed by atoms with van der Waals surface area (Å²) in [5.41, 5.74) is 12.3. The molecule has 0 atom stereocenters. The topological polar surface area (TPSA) is 27.7 Å². The van der Waals surface area contributed by atoms with Crippen LogP contribution in [0.3, 0.4) is 0 Å². The first-order valence-electron chi connectivity index (χ1n) is 20.8. The fourth-order valence-electron chi connectivity index (χ4n) is 6.35. The normalized spacial score (nSPS) is 11.4. The van der Waals surface area contributed by atoms with Gasteiger partial charge in [0.15, 0.2) is 0 Å². The van der Waals surface area contributed by atoms with Crippen molar-refractivity contribution in [2.24, 2.45) is 0 Å². The van der Waals surface area contributed by atoms with E-state index in [-0.39, 0.29) is 22.1 Å². The first kappa shape index (κ1) is 47.6. The van der Waals surface area contributed by atoms with Crippen molar-refractivity contribution >= 4 is 11.6 Å². The Morgan fingerprint density at radius 1 is 0.417 bits per heavy atom. The summed E-state index contributed by atoms with van der Waals surface area (Å²) in [4.78, 5) is 0. The number of halogens is 2. The fraction of sp³-hybridized carbons (Fsp3) is 0.345. The third kappa shape index (κ3) is 15.2. The molecule has 6 aromatic rings.